The van der Waals surface area contributed by atoms with E-state index in [2.05, 4.69) is 6.58 Å². The molecule has 1 aromatic carbocycles. The maximum absolute atomic E-state index is 11.9. The molecular formula is C14H19NO2S. The van der Waals surface area contributed by atoms with E-state index in [9.17, 15) is 4.79 Å². The standard InChI is InChI=1S/C14H19NO2S/c1-2-9-15(10-11-16)14(17)8-12-18-13-6-4-3-5-7-13/h2-7,16H,1,8-12H2. The highest BCUT2D eigenvalue weighted by Gasteiger charge is 2.10. The molecule has 0 heterocycles. The minimum absolute atomic E-state index is 0.00852. The maximum Gasteiger partial charge on any atom is 0.223 e. The van der Waals surface area contributed by atoms with Crippen LogP contribution in [0.15, 0.2) is 47.9 Å². The average molecular weight is 265 g/mol. The fourth-order valence-electron chi connectivity index (χ4n) is 1.53. The summed E-state index contributed by atoms with van der Waals surface area (Å²) in [5, 5.41) is 8.88. The number of thioether (sulfide) groups is 1. The third kappa shape index (κ3) is 5.38. The van der Waals surface area contributed by atoms with Gasteiger partial charge in [-0.3, -0.25) is 4.79 Å². The van der Waals surface area contributed by atoms with E-state index in [0.717, 1.165) is 5.75 Å². The number of aliphatic hydroxyl groups is 1. The summed E-state index contributed by atoms with van der Waals surface area (Å²) in [5.41, 5.74) is 0. The van der Waals surface area contributed by atoms with Crippen LogP contribution in [0.2, 0.25) is 0 Å². The van der Waals surface area contributed by atoms with Crippen LogP contribution in [0.1, 0.15) is 6.42 Å². The number of carbonyl (C=O) groups excluding carboxylic acids is 1. The maximum atomic E-state index is 11.9. The lowest BCUT2D eigenvalue weighted by Gasteiger charge is -2.19. The van der Waals surface area contributed by atoms with E-state index in [-0.39, 0.29) is 12.5 Å². The monoisotopic (exact) mass is 265 g/mol. The van der Waals surface area contributed by atoms with E-state index in [1.165, 1.54) is 4.90 Å². The number of rotatable bonds is 8. The van der Waals surface area contributed by atoms with Crippen LogP contribution >= 0.6 is 11.8 Å². The zero-order chi connectivity index (χ0) is 13.2. The lowest BCUT2D eigenvalue weighted by atomic mass is 10.3. The zero-order valence-electron chi connectivity index (χ0n) is 10.4. The SMILES string of the molecule is C=CCN(CCO)C(=O)CCSc1ccccc1. The Balaban J connectivity index is 2.33. The second-order valence-electron chi connectivity index (χ2n) is 3.76. The fraction of sp³-hybridized carbons (Fsp3) is 0.357. The molecule has 1 aromatic rings. The quantitative estimate of drug-likeness (QED) is 0.578. The summed E-state index contributed by atoms with van der Waals surface area (Å²) < 4.78 is 0. The van der Waals surface area contributed by atoms with Gasteiger partial charge in [0.15, 0.2) is 0 Å². The van der Waals surface area contributed by atoms with Crippen molar-refractivity contribution in [2.24, 2.45) is 0 Å². The van der Waals surface area contributed by atoms with Gasteiger partial charge in [0.25, 0.3) is 0 Å². The van der Waals surface area contributed by atoms with Crippen molar-refractivity contribution in [3.8, 4) is 0 Å². The van der Waals surface area contributed by atoms with Gasteiger partial charge in [0.05, 0.1) is 6.61 Å². The zero-order valence-corrected chi connectivity index (χ0v) is 11.2. The summed E-state index contributed by atoms with van der Waals surface area (Å²) in [6.45, 7) is 4.48. The number of nitrogens with zero attached hydrogens (tertiary/aromatic N) is 1. The minimum Gasteiger partial charge on any atom is -0.395 e. The topological polar surface area (TPSA) is 40.5 Å². The molecule has 1 N–H and O–H groups in total. The van der Waals surface area contributed by atoms with E-state index in [1.807, 2.05) is 30.3 Å². The summed E-state index contributed by atoms with van der Waals surface area (Å²) in [6, 6.07) is 10.0. The van der Waals surface area contributed by atoms with Gasteiger partial charge in [0.1, 0.15) is 0 Å². The Morgan fingerprint density at radius 2 is 2.11 bits per heavy atom. The van der Waals surface area contributed by atoms with Crippen LogP contribution in [0.3, 0.4) is 0 Å². The Morgan fingerprint density at radius 1 is 1.39 bits per heavy atom. The molecule has 0 saturated carbocycles. The van der Waals surface area contributed by atoms with E-state index >= 15 is 0 Å². The number of benzene rings is 1. The van der Waals surface area contributed by atoms with Gasteiger partial charge in [-0.25, -0.2) is 0 Å². The van der Waals surface area contributed by atoms with Gasteiger partial charge in [-0.1, -0.05) is 24.3 Å². The van der Waals surface area contributed by atoms with E-state index in [0.29, 0.717) is 19.5 Å². The van der Waals surface area contributed by atoms with Gasteiger partial charge < -0.3 is 10.0 Å². The van der Waals surface area contributed by atoms with Crippen molar-refractivity contribution in [2.75, 3.05) is 25.4 Å². The Bertz CT molecular complexity index is 367. The molecular weight excluding hydrogens is 246 g/mol. The first kappa shape index (κ1) is 14.8. The van der Waals surface area contributed by atoms with Crippen molar-refractivity contribution >= 4 is 17.7 Å². The van der Waals surface area contributed by atoms with Crippen molar-refractivity contribution in [3.63, 3.8) is 0 Å². The van der Waals surface area contributed by atoms with Gasteiger partial charge in [0.2, 0.25) is 5.91 Å². The third-order valence-electron chi connectivity index (χ3n) is 2.40. The van der Waals surface area contributed by atoms with Crippen molar-refractivity contribution < 1.29 is 9.90 Å². The largest absolute Gasteiger partial charge is 0.395 e. The van der Waals surface area contributed by atoms with Gasteiger partial charge in [0, 0.05) is 30.2 Å². The smallest absolute Gasteiger partial charge is 0.223 e. The van der Waals surface area contributed by atoms with Crippen molar-refractivity contribution in [1.82, 2.24) is 4.90 Å². The summed E-state index contributed by atoms with van der Waals surface area (Å²) in [7, 11) is 0. The Kier molecular flexibility index (Phi) is 7.22. The van der Waals surface area contributed by atoms with Crippen molar-refractivity contribution in [3.05, 3.63) is 43.0 Å². The molecule has 18 heavy (non-hydrogen) atoms. The molecule has 0 saturated heterocycles. The van der Waals surface area contributed by atoms with Gasteiger partial charge in [-0.15, -0.1) is 18.3 Å². The highest BCUT2D eigenvalue weighted by Crippen LogP contribution is 2.18. The molecule has 0 atom stereocenters. The molecule has 0 unspecified atom stereocenters. The molecule has 3 nitrogen and oxygen atoms in total. The lowest BCUT2D eigenvalue weighted by Crippen LogP contribution is -2.33. The molecule has 0 radical (unpaired) electrons. The third-order valence-corrected chi connectivity index (χ3v) is 3.41. The molecule has 0 aliphatic heterocycles. The van der Waals surface area contributed by atoms with Crippen LogP contribution in [0.5, 0.6) is 0 Å². The number of carbonyl (C=O) groups is 1. The Labute approximate surface area is 113 Å². The summed E-state index contributed by atoms with van der Waals surface area (Å²) in [4.78, 5) is 14.7. The van der Waals surface area contributed by atoms with Crippen LogP contribution in [0.25, 0.3) is 0 Å². The van der Waals surface area contributed by atoms with Gasteiger partial charge in [-0.2, -0.15) is 0 Å². The van der Waals surface area contributed by atoms with Crippen LogP contribution in [-0.4, -0.2) is 41.4 Å². The summed E-state index contributed by atoms with van der Waals surface area (Å²) >= 11 is 1.67. The molecule has 0 aromatic heterocycles. The number of amides is 1. The number of aliphatic hydroxyl groups excluding tert-OH is 1. The summed E-state index contributed by atoms with van der Waals surface area (Å²) in [5.74, 6) is 0.814. The Hall–Kier alpha value is -1.26. The highest BCUT2D eigenvalue weighted by atomic mass is 32.2. The van der Waals surface area contributed by atoms with Crippen LogP contribution in [0, 0.1) is 0 Å². The van der Waals surface area contributed by atoms with E-state index in [1.54, 1.807) is 22.7 Å². The van der Waals surface area contributed by atoms with Gasteiger partial charge in [-0.05, 0) is 12.1 Å². The van der Waals surface area contributed by atoms with Crippen LogP contribution in [0.4, 0.5) is 0 Å². The Morgan fingerprint density at radius 3 is 2.72 bits per heavy atom. The summed E-state index contributed by atoms with van der Waals surface area (Å²) in [6.07, 6.45) is 2.16. The number of hydrogen-bond donors (Lipinski definition) is 1. The fourth-order valence-corrected chi connectivity index (χ4v) is 2.39. The van der Waals surface area contributed by atoms with E-state index in [4.69, 9.17) is 5.11 Å². The molecule has 1 amide bonds. The van der Waals surface area contributed by atoms with E-state index < -0.39 is 0 Å². The normalized spacial score (nSPS) is 10.1. The number of hydrogen-bond acceptors (Lipinski definition) is 3. The average Bonchev–Trinajstić information content (AvgIpc) is 2.39. The molecule has 0 aliphatic carbocycles. The predicted molar refractivity (Wildman–Crippen MR) is 75.6 cm³/mol. The van der Waals surface area contributed by atoms with Crippen LogP contribution < -0.4 is 0 Å². The molecule has 0 aliphatic rings. The van der Waals surface area contributed by atoms with Crippen molar-refractivity contribution in [2.45, 2.75) is 11.3 Å². The molecule has 4 heteroatoms. The van der Waals surface area contributed by atoms with Crippen LogP contribution in [-0.2, 0) is 4.79 Å². The first-order valence-electron chi connectivity index (χ1n) is 5.95. The molecule has 1 rings (SSSR count). The minimum atomic E-state index is -0.00852. The second kappa shape index (κ2) is 8.78. The highest BCUT2D eigenvalue weighted by molar-refractivity contribution is 7.99. The first-order valence-corrected chi connectivity index (χ1v) is 6.94. The molecule has 98 valence electrons. The van der Waals surface area contributed by atoms with Crippen molar-refractivity contribution in [1.29, 1.82) is 0 Å². The lowest BCUT2D eigenvalue weighted by molar-refractivity contribution is -0.130. The first-order chi connectivity index (χ1) is 8.77. The molecule has 0 bridgehead atoms. The predicted octanol–water partition coefficient (Wildman–Crippen LogP) is 2.18. The van der Waals surface area contributed by atoms with Gasteiger partial charge >= 0.3 is 0 Å². The molecule has 0 spiro atoms. The second-order valence-corrected chi connectivity index (χ2v) is 4.93. The molecule has 0 fully saturated rings.